The van der Waals surface area contributed by atoms with Crippen molar-refractivity contribution in [3.63, 3.8) is 0 Å². The minimum atomic E-state index is -0.362. The summed E-state index contributed by atoms with van der Waals surface area (Å²) in [5, 5.41) is 0.190. The second kappa shape index (κ2) is 4.80. The molecular formula is C14H18ClFN2. The number of rotatable bonds is 3. The predicted molar refractivity (Wildman–Crippen MR) is 71.0 cm³/mol. The summed E-state index contributed by atoms with van der Waals surface area (Å²) >= 11 is 5.87. The number of hydrogen-bond donors (Lipinski definition) is 1. The highest BCUT2D eigenvalue weighted by Crippen LogP contribution is 2.42. The highest BCUT2D eigenvalue weighted by Gasteiger charge is 2.40. The summed E-state index contributed by atoms with van der Waals surface area (Å²) in [6, 6.07) is 5.81. The van der Waals surface area contributed by atoms with Crippen molar-refractivity contribution in [1.29, 1.82) is 0 Å². The van der Waals surface area contributed by atoms with Crippen molar-refractivity contribution in [3.8, 4) is 0 Å². The summed E-state index contributed by atoms with van der Waals surface area (Å²) in [5.41, 5.74) is 6.96. The molecule has 98 valence electrons. The van der Waals surface area contributed by atoms with Crippen molar-refractivity contribution in [2.45, 2.75) is 31.3 Å². The summed E-state index contributed by atoms with van der Waals surface area (Å²) in [7, 11) is 0. The first-order chi connectivity index (χ1) is 8.69. The lowest BCUT2D eigenvalue weighted by molar-refractivity contribution is 0.153. The number of hydrogen-bond acceptors (Lipinski definition) is 2. The van der Waals surface area contributed by atoms with Crippen LogP contribution in [0.1, 0.15) is 30.9 Å². The molecule has 3 unspecified atom stereocenters. The Hall–Kier alpha value is -0.640. The number of halogens is 2. The summed E-state index contributed by atoms with van der Waals surface area (Å²) < 4.78 is 13.2. The average molecular weight is 269 g/mol. The maximum atomic E-state index is 13.2. The van der Waals surface area contributed by atoms with Crippen molar-refractivity contribution >= 4 is 11.6 Å². The molecule has 2 nitrogen and oxygen atoms in total. The maximum absolute atomic E-state index is 13.2. The fraction of sp³-hybridized carbons (Fsp3) is 0.571. The molecule has 0 spiro atoms. The molecule has 3 atom stereocenters. The van der Waals surface area contributed by atoms with Gasteiger partial charge < -0.3 is 5.73 Å². The van der Waals surface area contributed by atoms with Crippen LogP contribution < -0.4 is 5.73 Å². The molecule has 1 aliphatic carbocycles. The first kappa shape index (κ1) is 12.4. The number of nitrogens with zero attached hydrogens (tertiary/aromatic N) is 1. The van der Waals surface area contributed by atoms with E-state index in [2.05, 4.69) is 4.90 Å². The van der Waals surface area contributed by atoms with Gasteiger partial charge in [0.2, 0.25) is 0 Å². The monoisotopic (exact) mass is 268 g/mol. The van der Waals surface area contributed by atoms with E-state index in [1.165, 1.54) is 25.3 Å². The minimum absolute atomic E-state index is 0.179. The lowest BCUT2D eigenvalue weighted by Gasteiger charge is -2.34. The van der Waals surface area contributed by atoms with E-state index < -0.39 is 0 Å². The van der Waals surface area contributed by atoms with Crippen molar-refractivity contribution < 1.29 is 4.39 Å². The van der Waals surface area contributed by atoms with Gasteiger partial charge in [-0.2, -0.15) is 0 Å². The van der Waals surface area contributed by atoms with Crippen molar-refractivity contribution in [3.05, 3.63) is 34.6 Å². The van der Waals surface area contributed by atoms with E-state index in [0.29, 0.717) is 12.6 Å². The molecule has 1 aromatic carbocycles. The zero-order valence-corrected chi connectivity index (χ0v) is 11.0. The van der Waals surface area contributed by atoms with E-state index in [1.807, 2.05) is 6.07 Å². The average Bonchev–Trinajstić information content (AvgIpc) is 2.97. The number of nitrogens with two attached hydrogens (primary N) is 1. The van der Waals surface area contributed by atoms with Gasteiger partial charge in [-0.15, -0.1) is 0 Å². The number of fused-ring (bicyclic) bond motifs is 2. The van der Waals surface area contributed by atoms with Gasteiger partial charge in [0.1, 0.15) is 5.82 Å². The number of benzene rings is 1. The molecule has 2 N–H and O–H groups in total. The fourth-order valence-electron chi connectivity index (χ4n) is 3.53. The first-order valence-corrected chi connectivity index (χ1v) is 6.97. The van der Waals surface area contributed by atoms with Gasteiger partial charge in [-0.1, -0.05) is 17.7 Å². The summed E-state index contributed by atoms with van der Waals surface area (Å²) in [4.78, 5) is 2.48. The van der Waals surface area contributed by atoms with Gasteiger partial charge in [-0.3, -0.25) is 4.90 Å². The van der Waals surface area contributed by atoms with Gasteiger partial charge in [-0.25, -0.2) is 4.39 Å². The van der Waals surface area contributed by atoms with Crippen LogP contribution in [0.5, 0.6) is 0 Å². The van der Waals surface area contributed by atoms with Gasteiger partial charge >= 0.3 is 0 Å². The molecule has 1 aliphatic heterocycles. The predicted octanol–water partition coefficient (Wildman–Crippen LogP) is 2.96. The van der Waals surface area contributed by atoms with E-state index in [9.17, 15) is 4.39 Å². The molecule has 1 heterocycles. The Labute approximate surface area is 112 Å². The van der Waals surface area contributed by atoms with E-state index >= 15 is 0 Å². The molecular weight excluding hydrogens is 251 g/mol. The molecule has 2 aliphatic rings. The molecule has 4 heteroatoms. The zero-order valence-electron chi connectivity index (χ0n) is 10.3. The smallest absolute Gasteiger partial charge is 0.141 e. The van der Waals surface area contributed by atoms with Crippen LogP contribution in [0.3, 0.4) is 0 Å². The van der Waals surface area contributed by atoms with Gasteiger partial charge in [0.25, 0.3) is 0 Å². The van der Waals surface area contributed by atoms with Gasteiger partial charge in [0.05, 0.1) is 5.02 Å². The summed E-state index contributed by atoms with van der Waals surface area (Å²) in [6.45, 7) is 1.69. The third-order valence-electron chi connectivity index (χ3n) is 4.40. The molecule has 3 rings (SSSR count). The Bertz CT molecular complexity index is 451. The van der Waals surface area contributed by atoms with Crippen LogP contribution in [0.2, 0.25) is 5.02 Å². The second-order valence-electron chi connectivity index (χ2n) is 5.45. The largest absolute Gasteiger partial charge is 0.329 e. The van der Waals surface area contributed by atoms with Gasteiger partial charge in [0, 0.05) is 25.2 Å². The third-order valence-corrected chi connectivity index (χ3v) is 4.69. The van der Waals surface area contributed by atoms with Crippen LogP contribution in [0, 0.1) is 11.7 Å². The standard InChI is InChI=1S/C14H18ClFN2/c15-12-6-10(2-4-13(12)16)14(7-17)18-8-9-1-3-11(18)5-9/h2,4,6,9,11,14H,1,3,5,7-8,17H2. The van der Waals surface area contributed by atoms with Crippen molar-refractivity contribution in [2.24, 2.45) is 11.7 Å². The molecule has 0 aromatic heterocycles. The Morgan fingerprint density at radius 2 is 2.28 bits per heavy atom. The van der Waals surface area contributed by atoms with Crippen LogP contribution in [-0.4, -0.2) is 24.0 Å². The normalized spacial score (nSPS) is 28.8. The third kappa shape index (κ3) is 2.04. The second-order valence-corrected chi connectivity index (χ2v) is 5.86. The van der Waals surface area contributed by atoms with E-state index in [1.54, 1.807) is 6.07 Å². The van der Waals surface area contributed by atoms with Crippen LogP contribution in [0.15, 0.2) is 18.2 Å². The highest BCUT2D eigenvalue weighted by molar-refractivity contribution is 6.30. The lowest BCUT2D eigenvalue weighted by Crippen LogP contribution is -2.39. The summed E-state index contributed by atoms with van der Waals surface area (Å²) in [5.74, 6) is 0.471. The van der Waals surface area contributed by atoms with Gasteiger partial charge in [-0.05, 0) is 42.9 Å². The molecule has 18 heavy (non-hydrogen) atoms. The number of likely N-dealkylation sites (tertiary alicyclic amines) is 1. The SMILES string of the molecule is NCC(c1ccc(F)c(Cl)c1)N1CC2CCC1C2. The fourth-order valence-corrected chi connectivity index (χ4v) is 3.72. The van der Waals surface area contributed by atoms with Crippen LogP contribution in [-0.2, 0) is 0 Å². The zero-order chi connectivity index (χ0) is 12.7. The quantitative estimate of drug-likeness (QED) is 0.913. The van der Waals surface area contributed by atoms with Crippen LogP contribution in [0.4, 0.5) is 4.39 Å². The van der Waals surface area contributed by atoms with E-state index in [-0.39, 0.29) is 16.9 Å². The Balaban J connectivity index is 1.85. The minimum Gasteiger partial charge on any atom is -0.329 e. The Morgan fingerprint density at radius 1 is 1.44 bits per heavy atom. The topological polar surface area (TPSA) is 29.3 Å². The molecule has 1 aromatic rings. The van der Waals surface area contributed by atoms with Crippen LogP contribution >= 0.6 is 11.6 Å². The lowest BCUT2D eigenvalue weighted by atomic mass is 10.0. The van der Waals surface area contributed by atoms with Crippen molar-refractivity contribution in [1.82, 2.24) is 4.90 Å². The number of piperidine rings is 1. The molecule has 1 saturated heterocycles. The molecule has 2 bridgehead atoms. The van der Waals surface area contributed by atoms with E-state index in [0.717, 1.165) is 18.0 Å². The van der Waals surface area contributed by atoms with Crippen molar-refractivity contribution in [2.75, 3.05) is 13.1 Å². The Morgan fingerprint density at radius 3 is 2.83 bits per heavy atom. The van der Waals surface area contributed by atoms with Crippen LogP contribution in [0.25, 0.3) is 0 Å². The summed E-state index contributed by atoms with van der Waals surface area (Å²) in [6.07, 6.45) is 3.92. The molecule has 0 amide bonds. The molecule has 0 radical (unpaired) electrons. The van der Waals surface area contributed by atoms with E-state index in [4.69, 9.17) is 17.3 Å². The Kier molecular flexibility index (Phi) is 3.31. The molecule has 1 saturated carbocycles. The first-order valence-electron chi connectivity index (χ1n) is 6.60. The van der Waals surface area contributed by atoms with Gasteiger partial charge in [0.15, 0.2) is 0 Å². The highest BCUT2D eigenvalue weighted by atomic mass is 35.5. The molecule has 2 fully saturated rings. The maximum Gasteiger partial charge on any atom is 0.141 e.